The molecule has 0 unspecified atom stereocenters. The van der Waals surface area contributed by atoms with E-state index in [1.807, 2.05) is 0 Å². The highest BCUT2D eigenvalue weighted by atomic mass is 79.9. The van der Waals surface area contributed by atoms with E-state index in [2.05, 4.69) is 15.9 Å². The summed E-state index contributed by atoms with van der Waals surface area (Å²) >= 11 is 8.66. The molecule has 1 aromatic carbocycles. The van der Waals surface area contributed by atoms with Gasteiger partial charge >= 0.3 is 6.18 Å². The molecule has 0 heterocycles. The van der Waals surface area contributed by atoms with Gasteiger partial charge in [0.1, 0.15) is 6.54 Å². The Kier molecular flexibility index (Phi) is 5.89. The summed E-state index contributed by atoms with van der Waals surface area (Å²) in [5.74, 6) is 0.0706. The third kappa shape index (κ3) is 4.34. The van der Waals surface area contributed by atoms with Crippen molar-refractivity contribution in [1.29, 1.82) is 0 Å². The minimum absolute atomic E-state index is 0.0706. The second-order valence-corrected chi connectivity index (χ2v) is 6.97. The Morgan fingerprint density at radius 2 is 1.95 bits per heavy atom. The van der Waals surface area contributed by atoms with Crippen molar-refractivity contribution in [1.82, 2.24) is 4.31 Å². The quantitative estimate of drug-likeness (QED) is 0.713. The van der Waals surface area contributed by atoms with E-state index in [0.717, 1.165) is 0 Å². The first-order valence-electron chi connectivity index (χ1n) is 5.53. The standard InChI is InChI=1S/C11H12BrClF3NO2S/c1-2-17(7-11(14,15)16)20(18,19)10-5-8(6-13)3-4-9(10)12/h3-5H,2,6-7H2,1H3. The van der Waals surface area contributed by atoms with Gasteiger partial charge in [-0.15, -0.1) is 11.6 Å². The Bertz CT molecular complexity index is 578. The molecule has 0 aromatic heterocycles. The highest BCUT2D eigenvalue weighted by Crippen LogP contribution is 2.28. The summed E-state index contributed by atoms with van der Waals surface area (Å²) in [6, 6.07) is 4.31. The smallest absolute Gasteiger partial charge is 0.207 e. The molecule has 0 bridgehead atoms. The highest BCUT2D eigenvalue weighted by molar-refractivity contribution is 9.10. The summed E-state index contributed by atoms with van der Waals surface area (Å²) in [6.45, 7) is -0.453. The van der Waals surface area contributed by atoms with Crippen molar-refractivity contribution in [2.45, 2.75) is 23.9 Å². The minimum atomic E-state index is -4.60. The molecular weight excluding hydrogens is 383 g/mol. The molecule has 0 saturated carbocycles. The molecule has 3 nitrogen and oxygen atoms in total. The van der Waals surface area contributed by atoms with Crippen LogP contribution in [0.5, 0.6) is 0 Å². The van der Waals surface area contributed by atoms with Gasteiger partial charge < -0.3 is 0 Å². The summed E-state index contributed by atoms with van der Waals surface area (Å²) in [5, 5.41) is 0. The van der Waals surface area contributed by atoms with Crippen LogP contribution in [0, 0.1) is 0 Å². The largest absolute Gasteiger partial charge is 0.402 e. The van der Waals surface area contributed by atoms with Crippen LogP contribution in [0.1, 0.15) is 12.5 Å². The Balaban J connectivity index is 3.27. The SMILES string of the molecule is CCN(CC(F)(F)F)S(=O)(=O)c1cc(CCl)ccc1Br. The monoisotopic (exact) mass is 393 g/mol. The van der Waals surface area contributed by atoms with Gasteiger partial charge in [-0.2, -0.15) is 17.5 Å². The third-order valence-corrected chi connectivity index (χ3v) is 5.70. The first kappa shape index (κ1) is 17.7. The molecule has 0 amide bonds. The molecule has 0 aliphatic heterocycles. The maximum absolute atomic E-state index is 12.4. The molecule has 20 heavy (non-hydrogen) atoms. The van der Waals surface area contributed by atoms with E-state index in [0.29, 0.717) is 9.87 Å². The number of hydrogen-bond acceptors (Lipinski definition) is 2. The van der Waals surface area contributed by atoms with E-state index in [9.17, 15) is 21.6 Å². The average molecular weight is 395 g/mol. The van der Waals surface area contributed by atoms with Crippen LogP contribution in [0.15, 0.2) is 27.6 Å². The first-order chi connectivity index (χ1) is 9.11. The fraction of sp³-hybridized carbons (Fsp3) is 0.455. The second-order valence-electron chi connectivity index (χ2n) is 3.94. The zero-order valence-electron chi connectivity index (χ0n) is 10.4. The van der Waals surface area contributed by atoms with Crippen molar-refractivity contribution < 1.29 is 21.6 Å². The van der Waals surface area contributed by atoms with Gasteiger partial charge in [0.2, 0.25) is 10.0 Å². The molecule has 9 heteroatoms. The van der Waals surface area contributed by atoms with Crippen molar-refractivity contribution in [3.8, 4) is 0 Å². The number of alkyl halides is 4. The lowest BCUT2D eigenvalue weighted by molar-refractivity contribution is -0.135. The van der Waals surface area contributed by atoms with Crippen LogP contribution in [0.2, 0.25) is 0 Å². The minimum Gasteiger partial charge on any atom is -0.207 e. The van der Waals surface area contributed by atoms with Gasteiger partial charge in [0.25, 0.3) is 0 Å². The van der Waals surface area contributed by atoms with E-state index in [1.54, 1.807) is 6.07 Å². The van der Waals surface area contributed by atoms with Crippen LogP contribution >= 0.6 is 27.5 Å². The van der Waals surface area contributed by atoms with Crippen molar-refractivity contribution in [2.75, 3.05) is 13.1 Å². The maximum atomic E-state index is 12.4. The molecule has 0 atom stereocenters. The molecule has 0 fully saturated rings. The van der Waals surface area contributed by atoms with Gasteiger partial charge in [-0.05, 0) is 33.6 Å². The molecule has 114 valence electrons. The highest BCUT2D eigenvalue weighted by Gasteiger charge is 2.36. The molecule has 0 radical (unpaired) electrons. The van der Waals surface area contributed by atoms with Gasteiger partial charge in [0.15, 0.2) is 0 Å². The molecule has 0 N–H and O–H groups in total. The van der Waals surface area contributed by atoms with E-state index >= 15 is 0 Å². The van der Waals surface area contributed by atoms with Crippen molar-refractivity contribution >= 4 is 37.6 Å². The summed E-state index contributed by atoms with van der Waals surface area (Å²) in [5.41, 5.74) is 0.511. The van der Waals surface area contributed by atoms with Crippen molar-refractivity contribution in [3.05, 3.63) is 28.2 Å². The fourth-order valence-corrected chi connectivity index (χ4v) is 4.11. The van der Waals surface area contributed by atoms with Crippen LogP contribution in [0.3, 0.4) is 0 Å². The lowest BCUT2D eigenvalue weighted by Crippen LogP contribution is -2.38. The zero-order valence-corrected chi connectivity index (χ0v) is 13.6. The Hall–Kier alpha value is -0.310. The Labute approximate surface area is 128 Å². The fourth-order valence-electron chi connectivity index (χ4n) is 1.53. The number of hydrogen-bond donors (Lipinski definition) is 0. The predicted octanol–water partition coefficient (Wildman–Crippen LogP) is 3.76. The summed E-state index contributed by atoms with van der Waals surface area (Å²) < 4.78 is 62.5. The number of halogens is 5. The molecule has 1 aromatic rings. The van der Waals surface area contributed by atoms with Gasteiger partial charge in [-0.1, -0.05) is 13.0 Å². The van der Waals surface area contributed by atoms with Gasteiger partial charge in [0.05, 0.1) is 4.90 Å². The normalized spacial score (nSPS) is 12.9. The lowest BCUT2D eigenvalue weighted by atomic mass is 10.2. The van der Waals surface area contributed by atoms with E-state index < -0.39 is 22.7 Å². The van der Waals surface area contributed by atoms with Gasteiger partial charge in [-0.25, -0.2) is 8.42 Å². The second kappa shape index (κ2) is 6.64. The van der Waals surface area contributed by atoms with Crippen LogP contribution in [-0.4, -0.2) is 32.0 Å². The molecule has 0 aliphatic rings. The summed E-state index contributed by atoms with van der Waals surface area (Å²) in [6.07, 6.45) is -4.60. The summed E-state index contributed by atoms with van der Waals surface area (Å²) in [7, 11) is -4.24. The van der Waals surface area contributed by atoms with Crippen molar-refractivity contribution in [2.24, 2.45) is 0 Å². The first-order valence-corrected chi connectivity index (χ1v) is 8.30. The number of nitrogens with zero attached hydrogens (tertiary/aromatic N) is 1. The molecule has 0 saturated heterocycles. The average Bonchev–Trinajstić information content (AvgIpc) is 2.35. The molecule has 1 rings (SSSR count). The third-order valence-electron chi connectivity index (χ3n) is 2.48. The number of benzene rings is 1. The van der Waals surface area contributed by atoms with Crippen molar-refractivity contribution in [3.63, 3.8) is 0 Å². The number of rotatable bonds is 5. The van der Waals surface area contributed by atoms with Crippen LogP contribution in [0.25, 0.3) is 0 Å². The summed E-state index contributed by atoms with van der Waals surface area (Å²) in [4.78, 5) is -0.221. The lowest BCUT2D eigenvalue weighted by Gasteiger charge is -2.22. The van der Waals surface area contributed by atoms with E-state index in [4.69, 9.17) is 11.6 Å². The zero-order chi connectivity index (χ0) is 15.6. The van der Waals surface area contributed by atoms with Crippen LogP contribution < -0.4 is 0 Å². The van der Waals surface area contributed by atoms with Crippen LogP contribution in [0.4, 0.5) is 13.2 Å². The maximum Gasteiger partial charge on any atom is 0.402 e. The van der Waals surface area contributed by atoms with Gasteiger partial charge in [0, 0.05) is 16.9 Å². The predicted molar refractivity (Wildman–Crippen MR) is 74.2 cm³/mol. The van der Waals surface area contributed by atoms with E-state index in [-0.39, 0.29) is 21.8 Å². The Morgan fingerprint density at radius 3 is 2.40 bits per heavy atom. The molecule has 0 spiro atoms. The number of sulfonamides is 1. The van der Waals surface area contributed by atoms with E-state index in [1.165, 1.54) is 19.1 Å². The van der Waals surface area contributed by atoms with Gasteiger partial charge in [-0.3, -0.25) is 0 Å². The molecular formula is C11H12BrClF3NO2S. The molecule has 0 aliphatic carbocycles. The topological polar surface area (TPSA) is 37.4 Å². The Morgan fingerprint density at radius 1 is 1.35 bits per heavy atom. The van der Waals surface area contributed by atoms with Crippen LogP contribution in [-0.2, 0) is 15.9 Å².